The third kappa shape index (κ3) is 5.42. The second kappa shape index (κ2) is 8.03. The first kappa shape index (κ1) is 20.2. The molecule has 0 aliphatic carbocycles. The van der Waals surface area contributed by atoms with Gasteiger partial charge in [-0.05, 0) is 46.6 Å². The highest BCUT2D eigenvalue weighted by Gasteiger charge is 2.46. The van der Waals surface area contributed by atoms with Gasteiger partial charge in [0.05, 0.1) is 6.54 Å². The summed E-state index contributed by atoms with van der Waals surface area (Å²) in [4.78, 5) is 46.3. The fourth-order valence-corrected chi connectivity index (χ4v) is 3.05. The molecule has 3 saturated heterocycles. The lowest BCUT2D eigenvalue weighted by atomic mass is 9.91. The first-order valence-corrected chi connectivity index (χ1v) is 8.95. The van der Waals surface area contributed by atoms with Crippen LogP contribution in [0.3, 0.4) is 0 Å². The molecule has 3 aliphatic heterocycles. The summed E-state index contributed by atoms with van der Waals surface area (Å²) in [5, 5.41) is 8.00. The number of carbonyl (C=O) groups is 4. The van der Waals surface area contributed by atoms with Crippen LogP contribution in [-0.4, -0.2) is 66.0 Å². The standard InChI is InChI=1S/C10H17NO3.C7H11N3O2/c1-10(2,3)14-9(13)11-6-4-5-8(12)7-11;11-5-7(10-6(12)9-5)2-1-3-8-4-7/h4-7H2,1-3H3;8H,1-4H2,(H2,9,10,11,12). The molecule has 0 radical (unpaired) electrons. The third-order valence-corrected chi connectivity index (χ3v) is 4.30. The molecule has 9 heteroatoms. The van der Waals surface area contributed by atoms with Crippen LogP contribution in [0.25, 0.3) is 0 Å². The van der Waals surface area contributed by atoms with Crippen molar-refractivity contribution < 1.29 is 23.9 Å². The summed E-state index contributed by atoms with van der Waals surface area (Å²) >= 11 is 0. The minimum Gasteiger partial charge on any atom is -0.444 e. The van der Waals surface area contributed by atoms with Crippen molar-refractivity contribution in [3.63, 3.8) is 0 Å². The normalized spacial score (nSPS) is 26.0. The number of hydrogen-bond acceptors (Lipinski definition) is 6. The van der Waals surface area contributed by atoms with Crippen molar-refractivity contribution in [2.24, 2.45) is 0 Å². The number of piperidine rings is 2. The molecule has 3 rings (SSSR count). The molecule has 9 nitrogen and oxygen atoms in total. The molecular formula is C17H28N4O5. The Hall–Kier alpha value is -2.16. The van der Waals surface area contributed by atoms with E-state index in [0.29, 0.717) is 19.5 Å². The van der Waals surface area contributed by atoms with Crippen molar-refractivity contribution in [3.05, 3.63) is 0 Å². The fraction of sp³-hybridized carbons (Fsp3) is 0.765. The highest BCUT2D eigenvalue weighted by atomic mass is 16.6. The molecule has 0 bridgehead atoms. The van der Waals surface area contributed by atoms with Crippen LogP contribution in [0.1, 0.15) is 46.5 Å². The van der Waals surface area contributed by atoms with E-state index in [-0.39, 0.29) is 30.4 Å². The summed E-state index contributed by atoms with van der Waals surface area (Å²) in [6.07, 6.45) is 2.60. The van der Waals surface area contributed by atoms with E-state index in [9.17, 15) is 19.2 Å². The van der Waals surface area contributed by atoms with Gasteiger partial charge in [0.25, 0.3) is 5.91 Å². The van der Waals surface area contributed by atoms with Crippen molar-refractivity contribution in [2.75, 3.05) is 26.2 Å². The zero-order chi connectivity index (χ0) is 19.4. The maximum absolute atomic E-state index is 11.5. The zero-order valence-electron chi connectivity index (χ0n) is 15.6. The summed E-state index contributed by atoms with van der Waals surface area (Å²) in [5.41, 5.74) is -1.15. The molecule has 0 aromatic heterocycles. The number of amides is 4. The van der Waals surface area contributed by atoms with E-state index in [1.807, 2.05) is 20.8 Å². The number of hydrogen-bond donors (Lipinski definition) is 3. The average molecular weight is 368 g/mol. The summed E-state index contributed by atoms with van der Waals surface area (Å²) in [6.45, 7) is 7.75. The molecule has 0 saturated carbocycles. The molecule has 1 unspecified atom stereocenters. The lowest BCUT2D eigenvalue weighted by molar-refractivity contribution is -0.124. The van der Waals surface area contributed by atoms with E-state index in [1.165, 1.54) is 4.90 Å². The van der Waals surface area contributed by atoms with Crippen molar-refractivity contribution in [1.29, 1.82) is 0 Å². The lowest BCUT2D eigenvalue weighted by Gasteiger charge is -2.30. The van der Waals surface area contributed by atoms with Gasteiger partial charge >= 0.3 is 12.1 Å². The monoisotopic (exact) mass is 368 g/mol. The van der Waals surface area contributed by atoms with Crippen LogP contribution in [0, 0.1) is 0 Å². The van der Waals surface area contributed by atoms with Gasteiger partial charge < -0.3 is 20.3 Å². The van der Waals surface area contributed by atoms with E-state index >= 15 is 0 Å². The number of nitrogens with zero attached hydrogens (tertiary/aromatic N) is 1. The van der Waals surface area contributed by atoms with Crippen LogP contribution in [0.2, 0.25) is 0 Å². The Morgan fingerprint density at radius 3 is 2.42 bits per heavy atom. The van der Waals surface area contributed by atoms with Crippen LogP contribution < -0.4 is 16.0 Å². The number of carbonyl (C=O) groups excluding carboxylic acids is 4. The molecule has 3 aliphatic rings. The van der Waals surface area contributed by atoms with Gasteiger partial charge in [-0.1, -0.05) is 0 Å². The predicted octanol–water partition coefficient (Wildman–Crippen LogP) is 0.534. The van der Waals surface area contributed by atoms with Crippen molar-refractivity contribution in [1.82, 2.24) is 20.9 Å². The van der Waals surface area contributed by atoms with Crippen molar-refractivity contribution in [2.45, 2.75) is 57.6 Å². The Labute approximate surface area is 153 Å². The van der Waals surface area contributed by atoms with Gasteiger partial charge in [0.2, 0.25) is 0 Å². The number of urea groups is 1. The fourth-order valence-electron chi connectivity index (χ4n) is 3.05. The largest absolute Gasteiger partial charge is 0.444 e. The molecule has 1 atom stereocenters. The van der Waals surface area contributed by atoms with Crippen LogP contribution in [0.15, 0.2) is 0 Å². The number of ketones is 1. The van der Waals surface area contributed by atoms with Gasteiger partial charge in [-0.15, -0.1) is 0 Å². The SMILES string of the molecule is CC(C)(C)OC(=O)N1CCCC(=O)C1.O=C1NC(=O)C2(CCCNC2)N1. The van der Waals surface area contributed by atoms with E-state index in [1.54, 1.807) is 0 Å². The molecular weight excluding hydrogens is 340 g/mol. The third-order valence-electron chi connectivity index (χ3n) is 4.30. The minimum absolute atomic E-state index is 0.113. The quantitative estimate of drug-likeness (QED) is 0.537. The second-order valence-corrected chi connectivity index (χ2v) is 7.81. The van der Waals surface area contributed by atoms with Crippen LogP contribution >= 0.6 is 0 Å². The minimum atomic E-state index is -0.657. The van der Waals surface area contributed by atoms with Gasteiger partial charge in [0, 0.05) is 19.5 Å². The van der Waals surface area contributed by atoms with Gasteiger partial charge in [-0.3, -0.25) is 14.9 Å². The van der Waals surface area contributed by atoms with Crippen LogP contribution in [0.5, 0.6) is 0 Å². The Kier molecular flexibility index (Phi) is 6.22. The van der Waals surface area contributed by atoms with E-state index < -0.39 is 11.1 Å². The first-order valence-electron chi connectivity index (χ1n) is 8.95. The molecule has 1 spiro atoms. The number of rotatable bonds is 0. The Morgan fingerprint density at radius 1 is 1.19 bits per heavy atom. The molecule has 4 amide bonds. The lowest BCUT2D eigenvalue weighted by Crippen LogP contribution is -2.57. The van der Waals surface area contributed by atoms with Crippen molar-refractivity contribution in [3.8, 4) is 0 Å². The van der Waals surface area contributed by atoms with E-state index in [2.05, 4.69) is 16.0 Å². The molecule has 0 aromatic carbocycles. The number of Topliss-reactive ketones (excluding diaryl/α,β-unsaturated/α-hetero) is 1. The smallest absolute Gasteiger partial charge is 0.410 e. The Balaban J connectivity index is 0.000000189. The highest BCUT2D eigenvalue weighted by Crippen LogP contribution is 2.19. The highest BCUT2D eigenvalue weighted by molar-refractivity contribution is 6.07. The predicted molar refractivity (Wildman–Crippen MR) is 93.6 cm³/mol. The Bertz CT molecular complexity index is 578. The molecule has 146 valence electrons. The number of ether oxygens (including phenoxy) is 1. The summed E-state index contributed by atoms with van der Waals surface area (Å²) < 4.78 is 5.16. The average Bonchev–Trinajstić information content (AvgIpc) is 2.80. The number of nitrogens with one attached hydrogen (secondary N) is 3. The molecule has 3 heterocycles. The van der Waals surface area contributed by atoms with Gasteiger partial charge in [-0.25, -0.2) is 9.59 Å². The van der Waals surface area contributed by atoms with E-state index in [0.717, 1.165) is 25.8 Å². The number of imide groups is 1. The molecule has 26 heavy (non-hydrogen) atoms. The van der Waals surface area contributed by atoms with Crippen LogP contribution in [-0.2, 0) is 14.3 Å². The maximum atomic E-state index is 11.5. The number of likely N-dealkylation sites (tertiary alicyclic amines) is 1. The second-order valence-electron chi connectivity index (χ2n) is 7.81. The topological polar surface area (TPSA) is 117 Å². The molecule has 3 fully saturated rings. The molecule has 3 N–H and O–H groups in total. The zero-order valence-corrected chi connectivity index (χ0v) is 15.6. The van der Waals surface area contributed by atoms with Crippen molar-refractivity contribution >= 4 is 23.8 Å². The van der Waals surface area contributed by atoms with Gasteiger partial charge in [0.1, 0.15) is 11.1 Å². The summed E-state index contributed by atoms with van der Waals surface area (Å²) in [6, 6.07) is -0.372. The summed E-state index contributed by atoms with van der Waals surface area (Å²) in [7, 11) is 0. The summed E-state index contributed by atoms with van der Waals surface area (Å²) in [5.74, 6) is -0.0817. The first-order chi connectivity index (χ1) is 12.1. The Morgan fingerprint density at radius 2 is 1.92 bits per heavy atom. The van der Waals surface area contributed by atoms with Gasteiger partial charge in [-0.2, -0.15) is 0 Å². The van der Waals surface area contributed by atoms with E-state index in [4.69, 9.17) is 4.74 Å². The maximum Gasteiger partial charge on any atom is 0.410 e. The molecule has 0 aromatic rings. The van der Waals surface area contributed by atoms with Gasteiger partial charge in [0.15, 0.2) is 5.78 Å². The van der Waals surface area contributed by atoms with Crippen LogP contribution in [0.4, 0.5) is 9.59 Å².